The first-order valence-corrected chi connectivity index (χ1v) is 8.45. The van der Waals surface area contributed by atoms with E-state index in [1.807, 2.05) is 19.1 Å². The van der Waals surface area contributed by atoms with Crippen LogP contribution in [0.5, 0.6) is 5.75 Å². The largest absolute Gasteiger partial charge is 0.494 e. The van der Waals surface area contributed by atoms with Gasteiger partial charge in [0.2, 0.25) is 0 Å². The third-order valence-corrected chi connectivity index (χ3v) is 4.94. The van der Waals surface area contributed by atoms with E-state index < -0.39 is 0 Å². The van der Waals surface area contributed by atoms with Gasteiger partial charge in [0.25, 0.3) is 0 Å². The fraction of sp³-hybridized carbons (Fsp3) is 0.562. The summed E-state index contributed by atoms with van der Waals surface area (Å²) < 4.78 is 12.1. The van der Waals surface area contributed by atoms with Gasteiger partial charge in [0, 0.05) is 19.3 Å². The maximum Gasteiger partial charge on any atom is 0.184 e. The van der Waals surface area contributed by atoms with E-state index in [-0.39, 0.29) is 0 Å². The lowest BCUT2D eigenvalue weighted by Gasteiger charge is -2.28. The first-order valence-electron chi connectivity index (χ1n) is 7.64. The molecule has 1 unspecified atom stereocenters. The van der Waals surface area contributed by atoms with Gasteiger partial charge in [-0.15, -0.1) is 0 Å². The van der Waals surface area contributed by atoms with Gasteiger partial charge in [0.15, 0.2) is 5.13 Å². The van der Waals surface area contributed by atoms with Crippen LogP contribution in [-0.2, 0) is 4.74 Å². The van der Waals surface area contributed by atoms with Gasteiger partial charge in [0.1, 0.15) is 5.75 Å². The molecule has 1 fully saturated rings. The Morgan fingerprint density at radius 3 is 3.00 bits per heavy atom. The van der Waals surface area contributed by atoms with Gasteiger partial charge in [-0.05, 0) is 50.8 Å². The molecule has 2 aromatic rings. The van der Waals surface area contributed by atoms with E-state index in [1.54, 1.807) is 11.3 Å². The smallest absolute Gasteiger partial charge is 0.184 e. The second kappa shape index (κ2) is 6.62. The molecule has 21 heavy (non-hydrogen) atoms. The monoisotopic (exact) mass is 306 g/mol. The van der Waals surface area contributed by atoms with Gasteiger partial charge < -0.3 is 14.8 Å². The maximum absolute atomic E-state index is 5.54. The van der Waals surface area contributed by atoms with Crippen LogP contribution in [0.2, 0.25) is 0 Å². The summed E-state index contributed by atoms with van der Waals surface area (Å²) in [4.78, 5) is 4.67. The number of hydrogen-bond acceptors (Lipinski definition) is 5. The number of ether oxygens (including phenoxy) is 2. The molecule has 0 bridgehead atoms. The number of anilines is 1. The van der Waals surface area contributed by atoms with E-state index >= 15 is 0 Å². The number of fused-ring (bicyclic) bond motifs is 1. The third-order valence-electron chi connectivity index (χ3n) is 4.00. The minimum Gasteiger partial charge on any atom is -0.494 e. The normalized spacial score (nSPS) is 17.8. The van der Waals surface area contributed by atoms with Crippen molar-refractivity contribution in [3.63, 3.8) is 0 Å². The standard InChI is InChI=1S/C16H22N2O2S/c1-3-20-13-4-5-14-15(10-13)21-16(18-14)17-11(2)12-6-8-19-9-7-12/h4-5,10-12H,3,6-9H2,1-2H3,(H,17,18). The third kappa shape index (κ3) is 3.47. The van der Waals surface area contributed by atoms with Crippen molar-refractivity contribution in [3.8, 4) is 5.75 Å². The Labute approximate surface area is 129 Å². The molecular weight excluding hydrogens is 284 g/mol. The molecule has 0 amide bonds. The molecule has 2 heterocycles. The lowest BCUT2D eigenvalue weighted by Crippen LogP contribution is -2.30. The van der Waals surface area contributed by atoms with Crippen molar-refractivity contribution >= 4 is 26.7 Å². The van der Waals surface area contributed by atoms with Crippen LogP contribution >= 0.6 is 11.3 Å². The van der Waals surface area contributed by atoms with Crippen LogP contribution in [0.15, 0.2) is 18.2 Å². The Morgan fingerprint density at radius 2 is 2.24 bits per heavy atom. The fourth-order valence-corrected chi connectivity index (χ4v) is 3.74. The zero-order valence-electron chi connectivity index (χ0n) is 12.6. The average Bonchev–Trinajstić information content (AvgIpc) is 2.90. The summed E-state index contributed by atoms with van der Waals surface area (Å²) in [6.07, 6.45) is 2.26. The van der Waals surface area contributed by atoms with Crippen molar-refractivity contribution in [2.24, 2.45) is 5.92 Å². The number of nitrogens with one attached hydrogen (secondary N) is 1. The molecule has 1 saturated heterocycles. The highest BCUT2D eigenvalue weighted by molar-refractivity contribution is 7.22. The summed E-state index contributed by atoms with van der Waals surface area (Å²) in [7, 11) is 0. The van der Waals surface area contributed by atoms with Gasteiger partial charge >= 0.3 is 0 Å². The molecular formula is C16H22N2O2S. The van der Waals surface area contributed by atoms with E-state index in [1.165, 1.54) is 4.70 Å². The number of aromatic nitrogens is 1. The molecule has 1 aromatic carbocycles. The highest BCUT2D eigenvalue weighted by Crippen LogP contribution is 2.31. The van der Waals surface area contributed by atoms with E-state index in [4.69, 9.17) is 9.47 Å². The molecule has 3 rings (SSSR count). The summed E-state index contributed by atoms with van der Waals surface area (Å²) in [6.45, 7) is 6.70. The Kier molecular flexibility index (Phi) is 4.60. The number of hydrogen-bond donors (Lipinski definition) is 1. The Hall–Kier alpha value is -1.33. The van der Waals surface area contributed by atoms with Crippen LogP contribution in [0.1, 0.15) is 26.7 Å². The lowest BCUT2D eigenvalue weighted by molar-refractivity contribution is 0.0622. The van der Waals surface area contributed by atoms with Crippen LogP contribution < -0.4 is 10.1 Å². The molecule has 114 valence electrons. The molecule has 4 nitrogen and oxygen atoms in total. The van der Waals surface area contributed by atoms with Crippen LogP contribution in [0.4, 0.5) is 5.13 Å². The molecule has 1 aromatic heterocycles. The van der Waals surface area contributed by atoms with E-state index in [0.717, 1.165) is 42.5 Å². The second-order valence-electron chi connectivity index (χ2n) is 5.46. The molecule has 0 spiro atoms. The maximum atomic E-state index is 5.54. The van der Waals surface area contributed by atoms with Gasteiger partial charge in [-0.3, -0.25) is 0 Å². The SMILES string of the molecule is CCOc1ccc2nc(NC(C)C3CCOCC3)sc2c1. The number of rotatable bonds is 5. The molecule has 5 heteroatoms. The summed E-state index contributed by atoms with van der Waals surface area (Å²) >= 11 is 1.70. The van der Waals surface area contributed by atoms with Crippen molar-refractivity contribution in [2.75, 3.05) is 25.1 Å². The van der Waals surface area contributed by atoms with Gasteiger partial charge in [-0.25, -0.2) is 4.98 Å². The molecule has 1 aliphatic rings. The molecule has 0 saturated carbocycles. The average molecular weight is 306 g/mol. The van der Waals surface area contributed by atoms with E-state index in [0.29, 0.717) is 18.6 Å². The van der Waals surface area contributed by atoms with Crippen molar-refractivity contribution in [3.05, 3.63) is 18.2 Å². The van der Waals surface area contributed by atoms with E-state index in [9.17, 15) is 0 Å². The van der Waals surface area contributed by atoms with Gasteiger partial charge in [-0.1, -0.05) is 11.3 Å². The minimum atomic E-state index is 0.431. The van der Waals surface area contributed by atoms with Crippen molar-refractivity contribution in [1.82, 2.24) is 4.98 Å². The van der Waals surface area contributed by atoms with E-state index in [2.05, 4.69) is 23.3 Å². The van der Waals surface area contributed by atoms with Crippen molar-refractivity contribution in [2.45, 2.75) is 32.7 Å². The zero-order valence-corrected chi connectivity index (χ0v) is 13.4. The summed E-state index contributed by atoms with van der Waals surface area (Å²) in [6, 6.07) is 6.51. The molecule has 0 aliphatic carbocycles. The Morgan fingerprint density at radius 1 is 1.43 bits per heavy atom. The van der Waals surface area contributed by atoms with Crippen LogP contribution in [-0.4, -0.2) is 30.8 Å². The predicted molar refractivity (Wildman–Crippen MR) is 87.4 cm³/mol. The molecule has 1 N–H and O–H groups in total. The minimum absolute atomic E-state index is 0.431. The topological polar surface area (TPSA) is 43.4 Å². The van der Waals surface area contributed by atoms with Crippen molar-refractivity contribution < 1.29 is 9.47 Å². The first-order chi connectivity index (χ1) is 10.3. The van der Waals surface area contributed by atoms with Crippen LogP contribution in [0.3, 0.4) is 0 Å². The zero-order chi connectivity index (χ0) is 14.7. The highest BCUT2D eigenvalue weighted by atomic mass is 32.1. The van der Waals surface area contributed by atoms with Crippen LogP contribution in [0.25, 0.3) is 10.2 Å². The molecule has 0 radical (unpaired) electrons. The highest BCUT2D eigenvalue weighted by Gasteiger charge is 2.21. The lowest BCUT2D eigenvalue weighted by atomic mass is 9.93. The predicted octanol–water partition coefficient (Wildman–Crippen LogP) is 3.92. The summed E-state index contributed by atoms with van der Waals surface area (Å²) in [5.41, 5.74) is 1.03. The fourth-order valence-electron chi connectivity index (χ4n) is 2.75. The van der Waals surface area contributed by atoms with Crippen molar-refractivity contribution in [1.29, 1.82) is 0 Å². The number of nitrogens with zero attached hydrogens (tertiary/aromatic N) is 1. The summed E-state index contributed by atoms with van der Waals surface area (Å²) in [5, 5.41) is 4.56. The Balaban J connectivity index is 1.71. The quantitative estimate of drug-likeness (QED) is 0.909. The second-order valence-corrected chi connectivity index (χ2v) is 6.50. The number of thiazole rings is 1. The van der Waals surface area contributed by atoms with Crippen LogP contribution in [0, 0.1) is 5.92 Å². The molecule has 1 aliphatic heterocycles. The number of benzene rings is 1. The van der Waals surface area contributed by atoms with Gasteiger partial charge in [-0.2, -0.15) is 0 Å². The Bertz CT molecular complexity index is 593. The molecule has 1 atom stereocenters. The summed E-state index contributed by atoms with van der Waals surface area (Å²) in [5.74, 6) is 1.59. The first kappa shape index (κ1) is 14.6. The van der Waals surface area contributed by atoms with Gasteiger partial charge in [0.05, 0.1) is 16.8 Å².